The number of hydrogen-bond acceptors (Lipinski definition) is 5. The molecule has 2 N–H and O–H groups in total. The number of nitrogens with one attached hydrogen (secondary N) is 2. The van der Waals surface area contributed by atoms with Gasteiger partial charge in [-0.1, -0.05) is 6.92 Å². The minimum Gasteiger partial charge on any atom is -0.380 e. The standard InChI is InChI=1S/C13H24N2O3S2/c1-4-6-14-8-12-7-13(19-10-12)20(16,17)15-11(3)9-18-5-2/h7,10-11,14-15H,4-6,8-9H2,1-3H3. The molecule has 0 bridgehead atoms. The summed E-state index contributed by atoms with van der Waals surface area (Å²) in [5, 5.41) is 5.14. The minimum atomic E-state index is -3.44. The highest BCUT2D eigenvalue weighted by molar-refractivity contribution is 7.91. The van der Waals surface area contributed by atoms with Crippen molar-refractivity contribution < 1.29 is 13.2 Å². The molecule has 7 heteroatoms. The first kappa shape index (κ1) is 17.6. The van der Waals surface area contributed by atoms with Crippen molar-refractivity contribution in [3.05, 3.63) is 17.0 Å². The molecule has 1 heterocycles. The van der Waals surface area contributed by atoms with Crippen LogP contribution in [0.5, 0.6) is 0 Å². The Labute approximate surface area is 125 Å². The van der Waals surface area contributed by atoms with Crippen LogP contribution in [0.25, 0.3) is 0 Å². The molecular formula is C13H24N2O3S2. The molecule has 0 spiro atoms. The van der Waals surface area contributed by atoms with Gasteiger partial charge >= 0.3 is 0 Å². The molecule has 0 saturated heterocycles. The highest BCUT2D eigenvalue weighted by Gasteiger charge is 2.19. The van der Waals surface area contributed by atoms with Crippen molar-refractivity contribution in [3.8, 4) is 0 Å². The van der Waals surface area contributed by atoms with E-state index in [1.807, 2.05) is 12.3 Å². The molecule has 0 fully saturated rings. The van der Waals surface area contributed by atoms with Gasteiger partial charge in [0.2, 0.25) is 10.0 Å². The molecule has 0 aliphatic heterocycles. The Kier molecular flexibility index (Phi) is 7.68. The first-order chi connectivity index (χ1) is 9.49. The van der Waals surface area contributed by atoms with Gasteiger partial charge in [0.15, 0.2) is 0 Å². The highest BCUT2D eigenvalue weighted by Crippen LogP contribution is 2.20. The van der Waals surface area contributed by atoms with E-state index >= 15 is 0 Å². The molecule has 0 radical (unpaired) electrons. The van der Waals surface area contributed by atoms with E-state index in [9.17, 15) is 8.42 Å². The molecule has 1 unspecified atom stereocenters. The lowest BCUT2D eigenvalue weighted by molar-refractivity contribution is 0.133. The van der Waals surface area contributed by atoms with Gasteiger partial charge in [0, 0.05) is 19.2 Å². The summed E-state index contributed by atoms with van der Waals surface area (Å²) < 4.78 is 32.5. The Morgan fingerprint density at radius 1 is 1.40 bits per heavy atom. The van der Waals surface area contributed by atoms with Crippen LogP contribution in [-0.2, 0) is 21.3 Å². The number of rotatable bonds is 10. The zero-order valence-electron chi connectivity index (χ0n) is 12.3. The van der Waals surface area contributed by atoms with Crippen LogP contribution in [-0.4, -0.2) is 34.2 Å². The Morgan fingerprint density at radius 3 is 2.80 bits per heavy atom. The summed E-state index contributed by atoms with van der Waals surface area (Å²) in [6.07, 6.45) is 1.06. The van der Waals surface area contributed by atoms with Crippen molar-refractivity contribution in [1.29, 1.82) is 0 Å². The third-order valence-electron chi connectivity index (χ3n) is 2.58. The molecule has 20 heavy (non-hydrogen) atoms. The first-order valence-corrected chi connectivity index (χ1v) is 9.24. The summed E-state index contributed by atoms with van der Waals surface area (Å²) in [6.45, 7) is 8.38. The Hall–Kier alpha value is -0.470. The molecule has 0 aliphatic carbocycles. The van der Waals surface area contributed by atoms with Crippen LogP contribution in [0, 0.1) is 0 Å². The maximum Gasteiger partial charge on any atom is 0.250 e. The minimum absolute atomic E-state index is 0.233. The maximum atomic E-state index is 12.2. The third kappa shape index (κ3) is 5.88. The van der Waals surface area contributed by atoms with Gasteiger partial charge in [0.05, 0.1) is 6.61 Å². The molecular weight excluding hydrogens is 296 g/mol. The Balaban J connectivity index is 2.59. The van der Waals surface area contributed by atoms with E-state index in [1.165, 1.54) is 11.3 Å². The zero-order chi connectivity index (χ0) is 15.0. The largest absolute Gasteiger partial charge is 0.380 e. The monoisotopic (exact) mass is 320 g/mol. The Morgan fingerprint density at radius 2 is 2.15 bits per heavy atom. The molecule has 1 atom stereocenters. The molecule has 1 aromatic rings. The molecule has 5 nitrogen and oxygen atoms in total. The van der Waals surface area contributed by atoms with E-state index < -0.39 is 10.0 Å². The molecule has 0 saturated carbocycles. The van der Waals surface area contributed by atoms with Crippen molar-refractivity contribution in [3.63, 3.8) is 0 Å². The summed E-state index contributed by atoms with van der Waals surface area (Å²) in [7, 11) is -3.44. The fourth-order valence-corrected chi connectivity index (χ4v) is 4.10. The second-order valence-corrected chi connectivity index (χ2v) is 7.48. The van der Waals surface area contributed by atoms with Gasteiger partial charge in [0.1, 0.15) is 4.21 Å². The topological polar surface area (TPSA) is 67.4 Å². The number of ether oxygens (including phenoxy) is 1. The Bertz CT molecular complexity index is 486. The molecule has 1 rings (SSSR count). The molecule has 116 valence electrons. The van der Waals surface area contributed by atoms with Gasteiger partial charge < -0.3 is 10.1 Å². The van der Waals surface area contributed by atoms with Gasteiger partial charge in [-0.25, -0.2) is 13.1 Å². The van der Waals surface area contributed by atoms with Gasteiger partial charge in [-0.3, -0.25) is 0 Å². The van der Waals surface area contributed by atoms with E-state index in [2.05, 4.69) is 17.0 Å². The average molecular weight is 320 g/mol. The zero-order valence-corrected chi connectivity index (χ0v) is 13.9. The third-order valence-corrected chi connectivity index (χ3v) is 5.66. The van der Waals surface area contributed by atoms with Gasteiger partial charge in [-0.05, 0) is 43.8 Å². The van der Waals surface area contributed by atoms with Crippen molar-refractivity contribution in [2.24, 2.45) is 0 Å². The normalized spacial score (nSPS) is 13.6. The maximum absolute atomic E-state index is 12.2. The van der Waals surface area contributed by atoms with Gasteiger partial charge in [-0.2, -0.15) is 0 Å². The average Bonchev–Trinajstić information content (AvgIpc) is 2.86. The SMILES string of the molecule is CCCNCc1csc(S(=O)(=O)NC(C)COCC)c1. The van der Waals surface area contributed by atoms with E-state index in [0.29, 0.717) is 24.0 Å². The summed E-state index contributed by atoms with van der Waals surface area (Å²) in [5.74, 6) is 0. The van der Waals surface area contributed by atoms with E-state index in [0.717, 1.165) is 18.5 Å². The van der Waals surface area contributed by atoms with Crippen LogP contribution in [0.2, 0.25) is 0 Å². The van der Waals surface area contributed by atoms with E-state index in [1.54, 1.807) is 13.0 Å². The van der Waals surface area contributed by atoms with Gasteiger partial charge in [0.25, 0.3) is 0 Å². The smallest absolute Gasteiger partial charge is 0.250 e. The summed E-state index contributed by atoms with van der Waals surface area (Å²) in [6, 6.07) is 1.49. The summed E-state index contributed by atoms with van der Waals surface area (Å²) >= 11 is 1.25. The molecule has 0 aromatic carbocycles. The lowest BCUT2D eigenvalue weighted by Gasteiger charge is -2.12. The highest BCUT2D eigenvalue weighted by atomic mass is 32.2. The van der Waals surface area contributed by atoms with Gasteiger partial charge in [-0.15, -0.1) is 11.3 Å². The number of thiophene rings is 1. The van der Waals surface area contributed by atoms with Crippen molar-refractivity contribution in [1.82, 2.24) is 10.0 Å². The predicted molar refractivity (Wildman–Crippen MR) is 82.6 cm³/mol. The predicted octanol–water partition coefficient (Wildman–Crippen LogP) is 1.95. The molecule has 0 aliphatic rings. The van der Waals surface area contributed by atoms with Crippen LogP contribution in [0.1, 0.15) is 32.8 Å². The number of hydrogen-bond donors (Lipinski definition) is 2. The quantitative estimate of drug-likeness (QED) is 0.647. The van der Waals surface area contributed by atoms with Crippen molar-refractivity contribution >= 4 is 21.4 Å². The van der Waals surface area contributed by atoms with Crippen molar-refractivity contribution in [2.75, 3.05) is 19.8 Å². The number of sulfonamides is 1. The fourth-order valence-electron chi connectivity index (χ4n) is 1.65. The second-order valence-electron chi connectivity index (χ2n) is 4.63. The summed E-state index contributed by atoms with van der Waals surface area (Å²) in [5.41, 5.74) is 1.00. The fraction of sp³-hybridized carbons (Fsp3) is 0.692. The molecule has 0 amide bonds. The van der Waals surface area contributed by atoms with Crippen LogP contribution in [0.4, 0.5) is 0 Å². The molecule has 1 aromatic heterocycles. The van der Waals surface area contributed by atoms with E-state index in [4.69, 9.17) is 4.74 Å². The summed E-state index contributed by atoms with van der Waals surface area (Å²) in [4.78, 5) is 0. The van der Waals surface area contributed by atoms with Crippen LogP contribution < -0.4 is 10.0 Å². The van der Waals surface area contributed by atoms with E-state index in [-0.39, 0.29) is 6.04 Å². The first-order valence-electron chi connectivity index (χ1n) is 6.87. The lowest BCUT2D eigenvalue weighted by atomic mass is 10.3. The second kappa shape index (κ2) is 8.74. The van der Waals surface area contributed by atoms with Crippen LogP contribution >= 0.6 is 11.3 Å². The van der Waals surface area contributed by atoms with Crippen LogP contribution in [0.3, 0.4) is 0 Å². The van der Waals surface area contributed by atoms with Crippen molar-refractivity contribution in [2.45, 2.75) is 44.0 Å². The lowest BCUT2D eigenvalue weighted by Crippen LogP contribution is -2.35. The van der Waals surface area contributed by atoms with Crippen LogP contribution in [0.15, 0.2) is 15.7 Å².